The number of carbonyl (C=O) groups excluding carboxylic acids is 1. The van der Waals surface area contributed by atoms with Gasteiger partial charge in [-0.15, -0.1) is 0 Å². The SMILES string of the molecule is CN1c2ccc(C=O)cc2C2CCCC21. The Labute approximate surface area is 89.9 Å². The summed E-state index contributed by atoms with van der Waals surface area (Å²) in [6, 6.07) is 6.78. The van der Waals surface area contributed by atoms with Crippen LogP contribution in [-0.4, -0.2) is 19.4 Å². The fraction of sp³-hybridized carbons (Fsp3) is 0.462. The van der Waals surface area contributed by atoms with E-state index < -0.39 is 0 Å². The number of fused-ring (bicyclic) bond motifs is 3. The van der Waals surface area contributed by atoms with Gasteiger partial charge in [-0.25, -0.2) is 0 Å². The van der Waals surface area contributed by atoms with Crippen LogP contribution in [0.25, 0.3) is 0 Å². The fourth-order valence-electron chi connectivity index (χ4n) is 3.21. The molecule has 15 heavy (non-hydrogen) atoms. The van der Waals surface area contributed by atoms with Crippen LogP contribution in [0.1, 0.15) is 41.1 Å². The molecule has 1 heterocycles. The van der Waals surface area contributed by atoms with Gasteiger partial charge in [-0.1, -0.05) is 6.42 Å². The van der Waals surface area contributed by atoms with Gasteiger partial charge in [0.15, 0.2) is 0 Å². The average Bonchev–Trinajstić information content (AvgIpc) is 2.83. The third-order valence-electron chi connectivity index (χ3n) is 3.94. The van der Waals surface area contributed by atoms with Gasteiger partial charge < -0.3 is 4.90 Å². The smallest absolute Gasteiger partial charge is 0.150 e. The minimum absolute atomic E-state index is 0.671. The zero-order chi connectivity index (χ0) is 10.4. The van der Waals surface area contributed by atoms with E-state index in [4.69, 9.17) is 0 Å². The van der Waals surface area contributed by atoms with Crippen LogP contribution < -0.4 is 4.90 Å². The van der Waals surface area contributed by atoms with Gasteiger partial charge in [0.2, 0.25) is 0 Å². The summed E-state index contributed by atoms with van der Waals surface area (Å²) in [5, 5.41) is 0. The number of hydrogen-bond acceptors (Lipinski definition) is 2. The number of likely N-dealkylation sites (N-methyl/N-ethyl adjacent to an activating group) is 1. The Morgan fingerprint density at radius 1 is 1.40 bits per heavy atom. The molecule has 1 aromatic rings. The van der Waals surface area contributed by atoms with E-state index in [2.05, 4.69) is 24.1 Å². The van der Waals surface area contributed by atoms with E-state index in [-0.39, 0.29) is 0 Å². The normalized spacial score (nSPS) is 27.7. The highest BCUT2D eigenvalue weighted by molar-refractivity contribution is 5.78. The summed E-state index contributed by atoms with van der Waals surface area (Å²) in [5.74, 6) is 0.671. The van der Waals surface area contributed by atoms with Crippen LogP contribution in [-0.2, 0) is 0 Å². The Bertz CT molecular complexity index is 413. The molecule has 0 amide bonds. The van der Waals surface area contributed by atoms with E-state index in [1.165, 1.54) is 30.5 Å². The lowest BCUT2D eigenvalue weighted by Gasteiger charge is -2.21. The molecular formula is C13H15NO. The van der Waals surface area contributed by atoms with Crippen molar-refractivity contribution in [1.82, 2.24) is 0 Å². The molecule has 2 heteroatoms. The number of rotatable bonds is 1. The first-order valence-electron chi connectivity index (χ1n) is 5.63. The van der Waals surface area contributed by atoms with Crippen LogP contribution in [0, 0.1) is 0 Å². The van der Waals surface area contributed by atoms with E-state index in [1.807, 2.05) is 6.07 Å². The monoisotopic (exact) mass is 201 g/mol. The summed E-state index contributed by atoms with van der Waals surface area (Å²) in [4.78, 5) is 13.2. The molecule has 0 radical (unpaired) electrons. The number of anilines is 1. The van der Waals surface area contributed by atoms with Crippen molar-refractivity contribution in [3.05, 3.63) is 29.3 Å². The van der Waals surface area contributed by atoms with Gasteiger partial charge in [-0.3, -0.25) is 4.79 Å². The average molecular weight is 201 g/mol. The van der Waals surface area contributed by atoms with Crippen LogP contribution in [0.15, 0.2) is 18.2 Å². The molecule has 0 N–H and O–H groups in total. The van der Waals surface area contributed by atoms with Crippen molar-refractivity contribution < 1.29 is 4.79 Å². The van der Waals surface area contributed by atoms with E-state index in [0.717, 1.165) is 11.8 Å². The van der Waals surface area contributed by atoms with E-state index in [1.54, 1.807) is 0 Å². The molecule has 0 spiro atoms. The summed E-state index contributed by atoms with van der Waals surface area (Å²) >= 11 is 0. The van der Waals surface area contributed by atoms with Crippen molar-refractivity contribution in [3.63, 3.8) is 0 Å². The van der Waals surface area contributed by atoms with Crippen molar-refractivity contribution in [1.29, 1.82) is 0 Å². The van der Waals surface area contributed by atoms with Crippen LogP contribution in [0.5, 0.6) is 0 Å². The van der Waals surface area contributed by atoms with Crippen LogP contribution in [0.4, 0.5) is 5.69 Å². The van der Waals surface area contributed by atoms with E-state index >= 15 is 0 Å². The lowest BCUT2D eigenvalue weighted by molar-refractivity contribution is 0.112. The van der Waals surface area contributed by atoms with E-state index in [9.17, 15) is 4.79 Å². The van der Waals surface area contributed by atoms with E-state index in [0.29, 0.717) is 12.0 Å². The lowest BCUT2D eigenvalue weighted by atomic mass is 9.96. The molecule has 1 aliphatic carbocycles. The van der Waals surface area contributed by atoms with Gasteiger partial charge in [0.25, 0.3) is 0 Å². The Hall–Kier alpha value is -1.31. The first-order valence-corrected chi connectivity index (χ1v) is 5.63. The number of carbonyl (C=O) groups is 1. The lowest BCUT2D eigenvalue weighted by Crippen LogP contribution is -2.26. The zero-order valence-electron chi connectivity index (χ0n) is 8.94. The highest BCUT2D eigenvalue weighted by Crippen LogP contribution is 2.48. The molecule has 0 saturated heterocycles. The molecule has 1 saturated carbocycles. The molecule has 3 rings (SSSR count). The number of nitrogens with zero attached hydrogens (tertiary/aromatic N) is 1. The third-order valence-corrected chi connectivity index (χ3v) is 3.94. The molecule has 78 valence electrons. The van der Waals surface area contributed by atoms with Crippen molar-refractivity contribution in [3.8, 4) is 0 Å². The Balaban J connectivity index is 2.12. The second-order valence-corrected chi connectivity index (χ2v) is 4.65. The summed E-state index contributed by atoms with van der Waals surface area (Å²) in [6.45, 7) is 0. The molecule has 2 nitrogen and oxygen atoms in total. The van der Waals surface area contributed by atoms with Crippen molar-refractivity contribution in [2.24, 2.45) is 0 Å². The molecule has 1 aliphatic heterocycles. The first-order chi connectivity index (χ1) is 7.31. The minimum atomic E-state index is 0.671. The quantitative estimate of drug-likeness (QED) is 0.651. The molecule has 2 aliphatic rings. The summed E-state index contributed by atoms with van der Waals surface area (Å²) in [6.07, 6.45) is 4.85. The van der Waals surface area contributed by atoms with Gasteiger partial charge >= 0.3 is 0 Å². The molecular weight excluding hydrogens is 186 g/mol. The predicted molar refractivity (Wildman–Crippen MR) is 60.6 cm³/mol. The van der Waals surface area contributed by atoms with Gasteiger partial charge in [0.05, 0.1) is 0 Å². The van der Waals surface area contributed by atoms with Crippen LogP contribution >= 0.6 is 0 Å². The van der Waals surface area contributed by atoms with Crippen molar-refractivity contribution in [2.75, 3.05) is 11.9 Å². The molecule has 0 bridgehead atoms. The Morgan fingerprint density at radius 2 is 2.27 bits per heavy atom. The fourth-order valence-corrected chi connectivity index (χ4v) is 3.21. The van der Waals surface area contributed by atoms with Gasteiger partial charge in [-0.05, 0) is 36.6 Å². The van der Waals surface area contributed by atoms with Crippen LogP contribution in [0.2, 0.25) is 0 Å². The number of aldehydes is 1. The maximum Gasteiger partial charge on any atom is 0.150 e. The first kappa shape index (κ1) is 8.96. The number of hydrogen-bond donors (Lipinski definition) is 0. The topological polar surface area (TPSA) is 20.3 Å². The number of benzene rings is 1. The maximum absolute atomic E-state index is 10.8. The second kappa shape index (κ2) is 3.09. The minimum Gasteiger partial charge on any atom is -0.371 e. The van der Waals surface area contributed by atoms with Gasteiger partial charge in [0.1, 0.15) is 6.29 Å². The highest BCUT2D eigenvalue weighted by atomic mass is 16.1. The molecule has 2 atom stereocenters. The third kappa shape index (κ3) is 1.14. The van der Waals surface area contributed by atoms with Crippen LogP contribution in [0.3, 0.4) is 0 Å². The molecule has 1 fully saturated rings. The Morgan fingerprint density at radius 3 is 3.07 bits per heavy atom. The Kier molecular flexibility index (Phi) is 1.84. The molecule has 0 aromatic heterocycles. The largest absolute Gasteiger partial charge is 0.371 e. The standard InChI is InChI=1S/C13H15NO/c1-14-12-4-2-3-10(12)11-7-9(8-15)5-6-13(11)14/h5-8,10,12H,2-4H2,1H3. The molecule has 1 aromatic carbocycles. The van der Waals surface area contributed by atoms with Crippen molar-refractivity contribution in [2.45, 2.75) is 31.2 Å². The summed E-state index contributed by atoms with van der Waals surface area (Å²) in [5.41, 5.74) is 3.54. The highest BCUT2D eigenvalue weighted by Gasteiger charge is 2.39. The summed E-state index contributed by atoms with van der Waals surface area (Å²) < 4.78 is 0. The predicted octanol–water partition coefficient (Wildman–Crippen LogP) is 2.59. The van der Waals surface area contributed by atoms with Crippen molar-refractivity contribution >= 4 is 12.0 Å². The zero-order valence-corrected chi connectivity index (χ0v) is 8.94. The summed E-state index contributed by atoms with van der Waals surface area (Å²) in [7, 11) is 2.18. The molecule has 2 unspecified atom stereocenters. The van der Waals surface area contributed by atoms with Gasteiger partial charge in [0, 0.05) is 30.3 Å². The van der Waals surface area contributed by atoms with Gasteiger partial charge in [-0.2, -0.15) is 0 Å². The maximum atomic E-state index is 10.8. The second-order valence-electron chi connectivity index (χ2n) is 4.65.